The smallest absolute Gasteiger partial charge is 0.260 e. The molecule has 1 saturated carbocycles. The molecule has 132 valence electrons. The molecular formula is C18H24FNO4. The number of morpholine rings is 1. The lowest BCUT2D eigenvalue weighted by Gasteiger charge is -2.40. The molecule has 1 heterocycles. The second-order valence-electron chi connectivity index (χ2n) is 6.61. The van der Waals surface area contributed by atoms with Crippen molar-refractivity contribution in [2.75, 3.05) is 26.4 Å². The second kappa shape index (κ2) is 7.49. The van der Waals surface area contributed by atoms with Crippen LogP contribution < -0.4 is 4.74 Å². The molecule has 1 aliphatic carbocycles. The van der Waals surface area contributed by atoms with E-state index in [2.05, 4.69) is 0 Å². The largest absolute Gasteiger partial charge is 0.481 e. The first-order chi connectivity index (χ1) is 11.6. The normalized spacial score (nSPS) is 27.3. The number of amides is 1. The Labute approximate surface area is 141 Å². The number of nitrogens with zero attached hydrogens (tertiary/aromatic N) is 1. The first-order valence-electron chi connectivity index (χ1n) is 8.50. The maximum Gasteiger partial charge on any atom is 0.260 e. The summed E-state index contributed by atoms with van der Waals surface area (Å²) in [5.74, 6) is -0.527. The lowest BCUT2D eigenvalue weighted by atomic mass is 9.94. The van der Waals surface area contributed by atoms with Gasteiger partial charge < -0.3 is 19.5 Å². The number of carbonyl (C=O) groups excluding carboxylic acids is 1. The van der Waals surface area contributed by atoms with Crippen LogP contribution in [-0.2, 0) is 9.53 Å². The van der Waals surface area contributed by atoms with Crippen LogP contribution in [0.4, 0.5) is 4.39 Å². The van der Waals surface area contributed by atoms with E-state index in [0.717, 1.165) is 24.8 Å². The molecule has 5 nitrogen and oxygen atoms in total. The van der Waals surface area contributed by atoms with E-state index in [1.165, 1.54) is 6.07 Å². The van der Waals surface area contributed by atoms with Gasteiger partial charge in [-0.15, -0.1) is 0 Å². The molecule has 0 aromatic heterocycles. The zero-order chi connectivity index (χ0) is 17.1. The third kappa shape index (κ3) is 3.70. The predicted octanol–water partition coefficient (Wildman–Crippen LogP) is 1.90. The van der Waals surface area contributed by atoms with E-state index < -0.39 is 5.82 Å². The maximum absolute atomic E-state index is 13.7. The highest BCUT2D eigenvalue weighted by Gasteiger charge is 2.39. The Kier molecular flexibility index (Phi) is 5.36. The van der Waals surface area contributed by atoms with Crippen molar-refractivity contribution < 1.29 is 23.8 Å². The van der Waals surface area contributed by atoms with Crippen LogP contribution in [0.3, 0.4) is 0 Å². The summed E-state index contributed by atoms with van der Waals surface area (Å²) in [4.78, 5) is 14.3. The molecule has 3 rings (SSSR count). The fourth-order valence-electron chi connectivity index (χ4n) is 3.65. The van der Waals surface area contributed by atoms with Crippen LogP contribution in [0, 0.1) is 18.7 Å². The molecule has 24 heavy (non-hydrogen) atoms. The Morgan fingerprint density at radius 2 is 2.29 bits per heavy atom. The fourth-order valence-corrected chi connectivity index (χ4v) is 3.65. The molecule has 6 heteroatoms. The Hall–Kier alpha value is -1.66. The number of halogens is 1. The predicted molar refractivity (Wildman–Crippen MR) is 86.3 cm³/mol. The molecule has 1 amide bonds. The molecule has 1 aromatic carbocycles. The summed E-state index contributed by atoms with van der Waals surface area (Å²) >= 11 is 0. The van der Waals surface area contributed by atoms with Crippen LogP contribution in [0.15, 0.2) is 18.2 Å². The van der Waals surface area contributed by atoms with Gasteiger partial charge in [-0.3, -0.25) is 4.79 Å². The molecule has 1 aromatic rings. The Morgan fingerprint density at radius 1 is 1.46 bits per heavy atom. The standard InChI is InChI=1S/C18H24FNO4/c1-12-5-6-14(19)17(9-12)24-11-18(22)20-7-8-23-10-15(20)13-3-2-4-16(13)21/h5-6,9,13,15-16,21H,2-4,7-8,10-11H2,1H3. The van der Waals surface area contributed by atoms with Crippen LogP contribution in [0.25, 0.3) is 0 Å². The minimum absolute atomic E-state index is 0.0463. The molecule has 2 fully saturated rings. The maximum atomic E-state index is 13.7. The van der Waals surface area contributed by atoms with E-state index in [1.807, 2.05) is 6.92 Å². The van der Waals surface area contributed by atoms with Gasteiger partial charge in [0.05, 0.1) is 25.4 Å². The van der Waals surface area contributed by atoms with Gasteiger partial charge >= 0.3 is 0 Å². The van der Waals surface area contributed by atoms with Crippen molar-refractivity contribution in [3.63, 3.8) is 0 Å². The molecule has 1 aliphatic heterocycles. The van der Waals surface area contributed by atoms with Gasteiger partial charge in [0.15, 0.2) is 18.2 Å². The van der Waals surface area contributed by atoms with Gasteiger partial charge in [0, 0.05) is 12.5 Å². The first-order valence-corrected chi connectivity index (χ1v) is 8.50. The van der Waals surface area contributed by atoms with Crippen molar-refractivity contribution in [2.45, 2.75) is 38.3 Å². The summed E-state index contributed by atoms with van der Waals surface area (Å²) in [6.07, 6.45) is 2.25. The van der Waals surface area contributed by atoms with Gasteiger partial charge in [-0.2, -0.15) is 0 Å². The van der Waals surface area contributed by atoms with Crippen molar-refractivity contribution in [1.29, 1.82) is 0 Å². The Bertz CT molecular complexity index is 594. The number of benzene rings is 1. The summed E-state index contributed by atoms with van der Waals surface area (Å²) in [6, 6.07) is 4.44. The summed E-state index contributed by atoms with van der Waals surface area (Å²) in [5.41, 5.74) is 0.872. The van der Waals surface area contributed by atoms with Crippen LogP contribution in [0.1, 0.15) is 24.8 Å². The average molecular weight is 337 g/mol. The molecule has 2 aliphatic rings. The summed E-state index contributed by atoms with van der Waals surface area (Å²) < 4.78 is 24.6. The second-order valence-corrected chi connectivity index (χ2v) is 6.61. The summed E-state index contributed by atoms with van der Waals surface area (Å²) in [7, 11) is 0. The van der Waals surface area contributed by atoms with Crippen molar-refractivity contribution in [3.8, 4) is 5.75 Å². The van der Waals surface area contributed by atoms with E-state index in [1.54, 1.807) is 17.0 Å². The number of ether oxygens (including phenoxy) is 2. The number of aliphatic hydroxyl groups excluding tert-OH is 1. The van der Waals surface area contributed by atoms with Crippen molar-refractivity contribution in [2.24, 2.45) is 5.92 Å². The zero-order valence-electron chi connectivity index (χ0n) is 13.9. The van der Waals surface area contributed by atoms with Crippen LogP contribution in [0.2, 0.25) is 0 Å². The SMILES string of the molecule is Cc1ccc(F)c(OCC(=O)N2CCOCC2C2CCCC2O)c1. The molecule has 1 N–H and O–H groups in total. The Balaban J connectivity index is 1.64. The van der Waals surface area contributed by atoms with E-state index in [4.69, 9.17) is 9.47 Å². The summed E-state index contributed by atoms with van der Waals surface area (Å²) in [5, 5.41) is 10.1. The Morgan fingerprint density at radius 3 is 3.04 bits per heavy atom. The summed E-state index contributed by atoms with van der Waals surface area (Å²) in [6.45, 7) is 3.02. The third-order valence-corrected chi connectivity index (χ3v) is 4.95. The number of aryl methyl sites for hydroxylation is 1. The minimum atomic E-state index is -0.474. The first kappa shape index (κ1) is 17.2. The third-order valence-electron chi connectivity index (χ3n) is 4.95. The molecule has 0 radical (unpaired) electrons. The van der Waals surface area contributed by atoms with Crippen molar-refractivity contribution >= 4 is 5.91 Å². The van der Waals surface area contributed by atoms with Gasteiger partial charge in [-0.05, 0) is 37.5 Å². The highest BCUT2D eigenvalue weighted by Crippen LogP contribution is 2.32. The van der Waals surface area contributed by atoms with E-state index in [9.17, 15) is 14.3 Å². The minimum Gasteiger partial charge on any atom is -0.481 e. The van der Waals surface area contributed by atoms with Crippen molar-refractivity contribution in [1.82, 2.24) is 4.90 Å². The number of aliphatic hydroxyl groups is 1. The van der Waals surface area contributed by atoms with Gasteiger partial charge in [0.2, 0.25) is 0 Å². The van der Waals surface area contributed by atoms with Gasteiger partial charge in [0.1, 0.15) is 0 Å². The lowest BCUT2D eigenvalue weighted by molar-refractivity contribution is -0.146. The van der Waals surface area contributed by atoms with Crippen molar-refractivity contribution in [3.05, 3.63) is 29.6 Å². The lowest BCUT2D eigenvalue weighted by Crippen LogP contribution is -2.54. The van der Waals surface area contributed by atoms with E-state index in [-0.39, 0.29) is 36.3 Å². The molecular weight excluding hydrogens is 313 g/mol. The number of rotatable bonds is 4. The molecule has 3 atom stereocenters. The van der Waals surface area contributed by atoms with Crippen LogP contribution >= 0.6 is 0 Å². The molecule has 3 unspecified atom stereocenters. The monoisotopic (exact) mass is 337 g/mol. The number of carbonyl (C=O) groups is 1. The van der Waals surface area contributed by atoms with Gasteiger partial charge in [0.25, 0.3) is 5.91 Å². The number of hydrogen-bond donors (Lipinski definition) is 1. The highest BCUT2D eigenvalue weighted by atomic mass is 19.1. The van der Waals surface area contributed by atoms with E-state index in [0.29, 0.717) is 19.8 Å². The molecule has 0 spiro atoms. The zero-order valence-corrected chi connectivity index (χ0v) is 13.9. The topological polar surface area (TPSA) is 59.0 Å². The quantitative estimate of drug-likeness (QED) is 0.912. The average Bonchev–Trinajstić information content (AvgIpc) is 3.01. The van der Waals surface area contributed by atoms with Gasteiger partial charge in [-0.1, -0.05) is 12.5 Å². The van der Waals surface area contributed by atoms with E-state index >= 15 is 0 Å². The van der Waals surface area contributed by atoms with Gasteiger partial charge in [-0.25, -0.2) is 4.39 Å². The number of hydrogen-bond acceptors (Lipinski definition) is 4. The molecule has 0 bridgehead atoms. The van der Waals surface area contributed by atoms with Crippen LogP contribution in [-0.4, -0.2) is 54.4 Å². The highest BCUT2D eigenvalue weighted by molar-refractivity contribution is 5.78. The fraction of sp³-hybridized carbons (Fsp3) is 0.611. The molecule has 1 saturated heterocycles. The van der Waals surface area contributed by atoms with Crippen LogP contribution in [0.5, 0.6) is 5.75 Å².